The molecule has 0 saturated heterocycles. The SMILES string of the molecule is CCOc1cccc(NC2CCC(C)C(C)C2)c1[N+](=O)[O-]. The maximum Gasteiger partial charge on any atom is 0.333 e. The Morgan fingerprint density at radius 3 is 2.71 bits per heavy atom. The molecule has 0 bridgehead atoms. The van der Waals surface area contributed by atoms with Gasteiger partial charge in [-0.1, -0.05) is 19.9 Å². The first kappa shape index (κ1) is 15.6. The normalized spacial score (nSPS) is 25.4. The zero-order valence-corrected chi connectivity index (χ0v) is 13.0. The Morgan fingerprint density at radius 2 is 2.10 bits per heavy atom. The van der Waals surface area contributed by atoms with Crippen LogP contribution in [0.3, 0.4) is 0 Å². The topological polar surface area (TPSA) is 64.4 Å². The van der Waals surface area contributed by atoms with Crippen molar-refractivity contribution < 1.29 is 9.66 Å². The van der Waals surface area contributed by atoms with Gasteiger partial charge in [-0.2, -0.15) is 0 Å². The van der Waals surface area contributed by atoms with Gasteiger partial charge in [-0.25, -0.2) is 0 Å². The van der Waals surface area contributed by atoms with Gasteiger partial charge in [-0.15, -0.1) is 0 Å². The number of nitrogens with one attached hydrogen (secondary N) is 1. The summed E-state index contributed by atoms with van der Waals surface area (Å²) in [4.78, 5) is 11.0. The molecule has 0 aliphatic heterocycles. The number of ether oxygens (including phenoxy) is 1. The standard InChI is InChI=1S/C16H24N2O3/c1-4-21-15-7-5-6-14(16(15)18(19)20)17-13-9-8-11(2)12(3)10-13/h5-7,11-13,17H,4,8-10H2,1-3H3. The van der Waals surface area contributed by atoms with Crippen LogP contribution in [-0.4, -0.2) is 17.6 Å². The number of nitrogens with zero attached hydrogens (tertiary/aromatic N) is 1. The summed E-state index contributed by atoms with van der Waals surface area (Å²) in [7, 11) is 0. The van der Waals surface area contributed by atoms with Crippen LogP contribution in [0.5, 0.6) is 5.75 Å². The number of benzene rings is 1. The third-order valence-electron chi connectivity index (χ3n) is 4.44. The number of hydrogen-bond acceptors (Lipinski definition) is 4. The van der Waals surface area contributed by atoms with Crippen molar-refractivity contribution in [1.82, 2.24) is 0 Å². The van der Waals surface area contributed by atoms with Gasteiger partial charge in [0.15, 0.2) is 5.75 Å². The van der Waals surface area contributed by atoms with E-state index in [1.165, 1.54) is 0 Å². The van der Waals surface area contributed by atoms with E-state index >= 15 is 0 Å². The molecule has 1 aromatic carbocycles. The lowest BCUT2D eigenvalue weighted by molar-refractivity contribution is -0.385. The van der Waals surface area contributed by atoms with E-state index in [2.05, 4.69) is 19.2 Å². The van der Waals surface area contributed by atoms with E-state index in [1.54, 1.807) is 18.2 Å². The van der Waals surface area contributed by atoms with E-state index in [4.69, 9.17) is 4.74 Å². The van der Waals surface area contributed by atoms with Gasteiger partial charge in [0.25, 0.3) is 0 Å². The van der Waals surface area contributed by atoms with Gasteiger partial charge in [0.2, 0.25) is 0 Å². The fourth-order valence-electron chi connectivity index (χ4n) is 3.00. The Hall–Kier alpha value is -1.78. The van der Waals surface area contributed by atoms with Gasteiger partial charge in [-0.3, -0.25) is 10.1 Å². The van der Waals surface area contributed by atoms with Crippen molar-refractivity contribution in [2.75, 3.05) is 11.9 Å². The largest absolute Gasteiger partial charge is 0.487 e. The molecule has 1 aliphatic carbocycles. The lowest BCUT2D eigenvalue weighted by atomic mass is 9.79. The van der Waals surface area contributed by atoms with Crippen molar-refractivity contribution in [3.63, 3.8) is 0 Å². The summed E-state index contributed by atoms with van der Waals surface area (Å²) in [6, 6.07) is 5.52. The first-order valence-corrected chi connectivity index (χ1v) is 7.69. The smallest absolute Gasteiger partial charge is 0.333 e. The molecule has 1 fully saturated rings. The number of para-hydroxylation sites is 1. The monoisotopic (exact) mass is 292 g/mol. The average molecular weight is 292 g/mol. The van der Waals surface area contributed by atoms with Gasteiger partial charge < -0.3 is 10.1 Å². The quantitative estimate of drug-likeness (QED) is 0.651. The Bertz CT molecular complexity index is 504. The second kappa shape index (κ2) is 6.78. The molecule has 21 heavy (non-hydrogen) atoms. The van der Waals surface area contributed by atoms with Crippen LogP contribution < -0.4 is 10.1 Å². The third-order valence-corrected chi connectivity index (χ3v) is 4.44. The minimum Gasteiger partial charge on any atom is -0.487 e. The molecule has 0 radical (unpaired) electrons. The van der Waals surface area contributed by atoms with E-state index in [0.29, 0.717) is 30.0 Å². The maximum absolute atomic E-state index is 11.4. The van der Waals surface area contributed by atoms with Crippen LogP contribution >= 0.6 is 0 Å². The van der Waals surface area contributed by atoms with Crippen LogP contribution in [0.1, 0.15) is 40.0 Å². The molecule has 3 unspecified atom stereocenters. The highest BCUT2D eigenvalue weighted by Crippen LogP contribution is 2.37. The summed E-state index contributed by atoms with van der Waals surface area (Å²) in [6.45, 7) is 6.78. The molecule has 0 heterocycles. The first-order chi connectivity index (χ1) is 10.0. The molecule has 1 saturated carbocycles. The highest BCUT2D eigenvalue weighted by atomic mass is 16.6. The Labute approximate surface area is 125 Å². The minimum atomic E-state index is -0.359. The van der Waals surface area contributed by atoms with Crippen LogP contribution in [-0.2, 0) is 0 Å². The predicted octanol–water partition coefficient (Wildman–Crippen LogP) is 4.23. The average Bonchev–Trinajstić information content (AvgIpc) is 2.43. The predicted molar refractivity (Wildman–Crippen MR) is 83.9 cm³/mol. The third kappa shape index (κ3) is 3.65. The molecule has 1 N–H and O–H groups in total. The van der Waals surface area contributed by atoms with Crippen molar-refractivity contribution in [2.45, 2.75) is 46.1 Å². The fraction of sp³-hybridized carbons (Fsp3) is 0.625. The van der Waals surface area contributed by atoms with Crippen molar-refractivity contribution in [2.24, 2.45) is 11.8 Å². The number of anilines is 1. The second-order valence-electron chi connectivity index (χ2n) is 5.95. The molecular formula is C16H24N2O3. The molecule has 3 atom stereocenters. The van der Waals surface area contributed by atoms with E-state index in [-0.39, 0.29) is 10.6 Å². The fourth-order valence-corrected chi connectivity index (χ4v) is 3.00. The number of nitro groups is 1. The highest BCUT2D eigenvalue weighted by molar-refractivity contribution is 5.68. The number of nitro benzene ring substituents is 1. The summed E-state index contributed by atoms with van der Waals surface area (Å²) in [5.74, 6) is 1.71. The van der Waals surface area contributed by atoms with Gasteiger partial charge in [0.1, 0.15) is 5.69 Å². The molecule has 2 rings (SSSR count). The highest BCUT2D eigenvalue weighted by Gasteiger charge is 2.27. The van der Waals surface area contributed by atoms with E-state index in [1.807, 2.05) is 6.92 Å². The summed E-state index contributed by atoms with van der Waals surface area (Å²) in [5.41, 5.74) is 0.614. The Balaban J connectivity index is 2.19. The molecule has 1 aliphatic rings. The summed E-state index contributed by atoms with van der Waals surface area (Å²) in [5, 5.41) is 14.7. The molecule has 5 nitrogen and oxygen atoms in total. The summed E-state index contributed by atoms with van der Waals surface area (Å²) >= 11 is 0. The van der Waals surface area contributed by atoms with E-state index < -0.39 is 0 Å². The molecule has 116 valence electrons. The molecular weight excluding hydrogens is 268 g/mol. The van der Waals surface area contributed by atoms with Crippen LogP contribution in [0.25, 0.3) is 0 Å². The second-order valence-corrected chi connectivity index (χ2v) is 5.95. The lowest BCUT2D eigenvalue weighted by Crippen LogP contribution is -2.30. The molecule has 1 aromatic rings. The van der Waals surface area contributed by atoms with Crippen molar-refractivity contribution >= 4 is 11.4 Å². The van der Waals surface area contributed by atoms with Crippen molar-refractivity contribution in [3.8, 4) is 5.75 Å². The Kier molecular flexibility index (Phi) is 5.04. The zero-order chi connectivity index (χ0) is 15.4. The van der Waals surface area contributed by atoms with Gasteiger partial charge in [0.05, 0.1) is 11.5 Å². The summed E-state index contributed by atoms with van der Waals surface area (Å²) < 4.78 is 5.38. The van der Waals surface area contributed by atoms with Crippen LogP contribution in [0.15, 0.2) is 18.2 Å². The van der Waals surface area contributed by atoms with Crippen molar-refractivity contribution in [3.05, 3.63) is 28.3 Å². The van der Waals surface area contributed by atoms with E-state index in [9.17, 15) is 10.1 Å². The van der Waals surface area contributed by atoms with Crippen LogP contribution in [0, 0.1) is 22.0 Å². The van der Waals surface area contributed by atoms with Crippen LogP contribution in [0.2, 0.25) is 0 Å². The minimum absolute atomic E-state index is 0.0469. The number of rotatable bonds is 5. The first-order valence-electron chi connectivity index (χ1n) is 7.69. The van der Waals surface area contributed by atoms with Gasteiger partial charge in [-0.05, 0) is 50.2 Å². The van der Waals surface area contributed by atoms with Crippen molar-refractivity contribution in [1.29, 1.82) is 0 Å². The summed E-state index contributed by atoms with van der Waals surface area (Å²) in [6.07, 6.45) is 3.27. The molecule has 0 spiro atoms. The molecule has 0 aromatic heterocycles. The van der Waals surface area contributed by atoms with Crippen LogP contribution in [0.4, 0.5) is 11.4 Å². The lowest BCUT2D eigenvalue weighted by Gasteiger charge is -2.33. The number of hydrogen-bond donors (Lipinski definition) is 1. The molecule has 0 amide bonds. The van der Waals surface area contributed by atoms with E-state index in [0.717, 1.165) is 25.2 Å². The van der Waals surface area contributed by atoms with Gasteiger partial charge in [0, 0.05) is 6.04 Å². The zero-order valence-electron chi connectivity index (χ0n) is 13.0. The van der Waals surface area contributed by atoms with Gasteiger partial charge >= 0.3 is 5.69 Å². The Morgan fingerprint density at radius 1 is 1.33 bits per heavy atom. The molecule has 5 heteroatoms. The maximum atomic E-state index is 11.4.